The molecule has 1 N–H and O–H groups in total. The summed E-state index contributed by atoms with van der Waals surface area (Å²) in [6.07, 6.45) is 15.5. The van der Waals surface area contributed by atoms with Crippen LogP contribution in [0.3, 0.4) is 0 Å². The Bertz CT molecular complexity index is 1140. The van der Waals surface area contributed by atoms with Crippen LogP contribution in [0.15, 0.2) is 12.1 Å². The van der Waals surface area contributed by atoms with Crippen molar-refractivity contribution in [1.29, 1.82) is 0 Å². The Hall–Kier alpha value is -2.32. The van der Waals surface area contributed by atoms with Crippen molar-refractivity contribution < 1.29 is 33.6 Å². The van der Waals surface area contributed by atoms with E-state index < -0.39 is 23.3 Å². The number of unbranched alkanes of at least 4 members (excludes halogenated alkanes) is 9. The van der Waals surface area contributed by atoms with Crippen molar-refractivity contribution in [2.75, 3.05) is 26.5 Å². The lowest BCUT2D eigenvalue weighted by Crippen LogP contribution is -2.76. The van der Waals surface area contributed by atoms with Crippen LogP contribution in [0.25, 0.3) is 0 Å². The minimum atomic E-state index is -1.01. The number of carbonyl (C=O) groups excluding carboxylic acids is 2. The van der Waals surface area contributed by atoms with Crippen LogP contribution in [0, 0.1) is 5.92 Å². The third-order valence-electron chi connectivity index (χ3n) is 10.7. The SMILES string of the molecule is CCCCCCCCCCCCOC(=O)OCOc1ccc2c3c1O[C@H]1C(=O)CC[C@@]4(O)C(C2)N(CC2CC2)CC[C@]314. The lowest BCUT2D eigenvalue weighted by Gasteiger charge is -2.62. The van der Waals surface area contributed by atoms with E-state index in [2.05, 4.69) is 11.8 Å². The predicted molar refractivity (Wildman–Crippen MR) is 158 cm³/mol. The van der Waals surface area contributed by atoms with Crippen LogP contribution in [0.5, 0.6) is 11.5 Å². The molecule has 2 heterocycles. The van der Waals surface area contributed by atoms with Gasteiger partial charge in [0.25, 0.3) is 0 Å². The topological polar surface area (TPSA) is 94.5 Å². The molecule has 3 fully saturated rings. The Morgan fingerprint density at radius 2 is 1.76 bits per heavy atom. The number of ether oxygens (including phenoxy) is 4. The van der Waals surface area contributed by atoms with E-state index in [1.807, 2.05) is 12.1 Å². The molecule has 0 amide bonds. The summed E-state index contributed by atoms with van der Waals surface area (Å²) in [7, 11) is 0. The lowest BCUT2D eigenvalue weighted by atomic mass is 9.49. The van der Waals surface area contributed by atoms with Crippen molar-refractivity contribution in [3.8, 4) is 11.5 Å². The van der Waals surface area contributed by atoms with Crippen LogP contribution < -0.4 is 9.47 Å². The number of piperidine rings is 1. The van der Waals surface area contributed by atoms with Crippen LogP contribution in [-0.4, -0.2) is 66.2 Å². The number of ketones is 1. The first-order valence-corrected chi connectivity index (χ1v) is 16.7. The van der Waals surface area contributed by atoms with Gasteiger partial charge in [0.1, 0.15) is 0 Å². The van der Waals surface area contributed by atoms with Crippen molar-refractivity contribution in [3.05, 3.63) is 23.3 Å². The zero-order chi connectivity index (χ0) is 29.2. The van der Waals surface area contributed by atoms with Gasteiger partial charge in [0, 0.05) is 24.6 Å². The first-order valence-electron chi connectivity index (χ1n) is 16.7. The highest BCUT2D eigenvalue weighted by Gasteiger charge is 2.73. The molecule has 5 aliphatic rings. The molecule has 232 valence electrons. The smallest absolute Gasteiger partial charge is 0.477 e. The van der Waals surface area contributed by atoms with E-state index in [0.29, 0.717) is 37.4 Å². The molecule has 8 nitrogen and oxygen atoms in total. The molecule has 2 saturated carbocycles. The van der Waals surface area contributed by atoms with Gasteiger partial charge in [-0.3, -0.25) is 9.69 Å². The minimum absolute atomic E-state index is 0.00933. The fraction of sp³-hybridized carbons (Fsp3) is 0.765. The number of carbonyl (C=O) groups is 2. The van der Waals surface area contributed by atoms with Crippen molar-refractivity contribution >= 4 is 11.9 Å². The summed E-state index contributed by atoms with van der Waals surface area (Å²) in [4.78, 5) is 27.8. The fourth-order valence-electron chi connectivity index (χ4n) is 8.29. The van der Waals surface area contributed by atoms with Gasteiger partial charge >= 0.3 is 6.16 Å². The van der Waals surface area contributed by atoms with Gasteiger partial charge in [-0.1, -0.05) is 70.8 Å². The largest absolute Gasteiger partial charge is 0.511 e. The fourth-order valence-corrected chi connectivity index (χ4v) is 8.29. The summed E-state index contributed by atoms with van der Waals surface area (Å²) < 4.78 is 22.7. The highest BCUT2D eigenvalue weighted by molar-refractivity contribution is 5.90. The summed E-state index contributed by atoms with van der Waals surface area (Å²) in [5, 5.41) is 12.4. The standard InChI is InChI=1S/C34H49NO7/c1-2-3-4-5-6-7-8-9-10-11-20-39-32(37)41-23-40-27-15-14-25-21-28-34(38)17-16-26(36)31-33(34,29(25)30(27)42-31)18-19-35(28)22-24-12-13-24/h14-15,24,28,31,38H,2-13,16-23H2,1H3/t28?,31-,33-,34+/m0/s1. The molecule has 1 aromatic rings. The first-order chi connectivity index (χ1) is 20.5. The summed E-state index contributed by atoms with van der Waals surface area (Å²) >= 11 is 0. The number of Topliss-reactive ketones (excluding diaryl/α,β-unsaturated/α-hetero) is 1. The third kappa shape index (κ3) is 5.54. The van der Waals surface area contributed by atoms with E-state index in [0.717, 1.165) is 55.8 Å². The summed E-state index contributed by atoms with van der Waals surface area (Å²) in [6.45, 7) is 4.16. The van der Waals surface area contributed by atoms with Crippen LogP contribution in [0.2, 0.25) is 0 Å². The minimum Gasteiger partial charge on any atom is -0.477 e. The van der Waals surface area contributed by atoms with E-state index in [-0.39, 0.29) is 18.6 Å². The van der Waals surface area contributed by atoms with E-state index >= 15 is 0 Å². The molecule has 0 radical (unpaired) electrons. The maximum Gasteiger partial charge on any atom is 0.511 e. The molecule has 1 saturated heterocycles. The molecule has 4 atom stereocenters. The molecule has 6 rings (SSSR count). The normalized spacial score (nSPS) is 29.1. The molecule has 1 spiro atoms. The average Bonchev–Trinajstić information content (AvgIpc) is 3.72. The molecule has 8 heteroatoms. The number of hydrogen-bond donors (Lipinski definition) is 1. The molecule has 1 aromatic carbocycles. The van der Waals surface area contributed by atoms with Gasteiger partial charge in [0.15, 0.2) is 23.4 Å². The lowest BCUT2D eigenvalue weighted by molar-refractivity contribution is -0.188. The molecule has 2 bridgehead atoms. The highest BCUT2D eigenvalue weighted by Crippen LogP contribution is 2.65. The maximum atomic E-state index is 13.2. The molecule has 3 aliphatic carbocycles. The quantitative estimate of drug-likeness (QED) is 0.139. The zero-order valence-electron chi connectivity index (χ0n) is 25.4. The van der Waals surface area contributed by atoms with Gasteiger partial charge in [-0.2, -0.15) is 0 Å². The summed E-state index contributed by atoms with van der Waals surface area (Å²) in [6, 6.07) is 3.87. The summed E-state index contributed by atoms with van der Waals surface area (Å²) in [5.74, 6) is 1.75. The van der Waals surface area contributed by atoms with Gasteiger partial charge < -0.3 is 24.1 Å². The van der Waals surface area contributed by atoms with Gasteiger partial charge in [-0.15, -0.1) is 0 Å². The van der Waals surface area contributed by atoms with Gasteiger partial charge in [0.05, 0.1) is 17.6 Å². The number of likely N-dealkylation sites (tertiary alicyclic amines) is 1. The number of nitrogens with zero attached hydrogens (tertiary/aromatic N) is 1. The van der Waals surface area contributed by atoms with Gasteiger partial charge in [-0.25, -0.2) is 4.79 Å². The van der Waals surface area contributed by atoms with E-state index in [1.165, 1.54) is 57.8 Å². The Morgan fingerprint density at radius 1 is 1.02 bits per heavy atom. The number of benzene rings is 1. The second kappa shape index (κ2) is 12.7. The van der Waals surface area contributed by atoms with Crippen molar-refractivity contribution in [1.82, 2.24) is 4.90 Å². The van der Waals surface area contributed by atoms with Crippen LogP contribution >= 0.6 is 0 Å². The second-order valence-electron chi connectivity index (χ2n) is 13.4. The predicted octanol–water partition coefficient (Wildman–Crippen LogP) is 6.23. The molecular weight excluding hydrogens is 534 g/mol. The molecular formula is C34H49NO7. The van der Waals surface area contributed by atoms with E-state index in [9.17, 15) is 14.7 Å². The van der Waals surface area contributed by atoms with Gasteiger partial charge in [-0.05, 0) is 62.6 Å². The monoisotopic (exact) mass is 583 g/mol. The van der Waals surface area contributed by atoms with E-state index in [1.54, 1.807) is 0 Å². The first kappa shape index (κ1) is 29.7. The third-order valence-corrected chi connectivity index (χ3v) is 10.7. The Labute approximate surface area is 250 Å². The Morgan fingerprint density at radius 3 is 2.50 bits per heavy atom. The van der Waals surface area contributed by atoms with Crippen molar-refractivity contribution in [2.45, 2.75) is 133 Å². The molecule has 1 unspecified atom stereocenters. The van der Waals surface area contributed by atoms with Gasteiger partial charge in [0.2, 0.25) is 6.79 Å². The average molecular weight is 584 g/mol. The highest BCUT2D eigenvalue weighted by atomic mass is 16.8. The molecule has 0 aromatic heterocycles. The number of rotatable bonds is 16. The van der Waals surface area contributed by atoms with Crippen LogP contribution in [-0.2, 0) is 26.1 Å². The molecule has 42 heavy (non-hydrogen) atoms. The Kier molecular flexibility index (Phi) is 9.01. The van der Waals surface area contributed by atoms with Crippen LogP contribution in [0.1, 0.15) is 114 Å². The number of hydrogen-bond acceptors (Lipinski definition) is 8. The summed E-state index contributed by atoms with van der Waals surface area (Å²) in [5.41, 5.74) is 0.308. The van der Waals surface area contributed by atoms with E-state index in [4.69, 9.17) is 18.9 Å². The van der Waals surface area contributed by atoms with Crippen molar-refractivity contribution in [3.63, 3.8) is 0 Å². The zero-order valence-corrected chi connectivity index (χ0v) is 25.4. The van der Waals surface area contributed by atoms with Crippen molar-refractivity contribution in [2.24, 2.45) is 5.92 Å². The second-order valence-corrected chi connectivity index (χ2v) is 13.4. The molecule has 2 aliphatic heterocycles. The Balaban J connectivity index is 1.01. The number of aliphatic hydroxyl groups is 1. The maximum absolute atomic E-state index is 13.2. The van der Waals surface area contributed by atoms with Crippen LogP contribution in [0.4, 0.5) is 4.79 Å².